The van der Waals surface area contributed by atoms with Gasteiger partial charge in [0.2, 0.25) is 0 Å². The van der Waals surface area contributed by atoms with Gasteiger partial charge in [0.25, 0.3) is 0 Å². The van der Waals surface area contributed by atoms with Gasteiger partial charge in [0.15, 0.2) is 0 Å². The maximum absolute atomic E-state index is 0. The molecule has 4 heavy (non-hydrogen) atoms. The Bertz CT molecular complexity index is 6.00. The molecule has 0 aromatic rings. The molecule has 0 aromatic heterocycles. The number of hydrogen-bond donors (Lipinski definition) is 0. The van der Waals surface area contributed by atoms with E-state index in [9.17, 15) is 0 Å². The van der Waals surface area contributed by atoms with Crippen LogP contribution < -0.4 is 0 Å². The van der Waals surface area contributed by atoms with Crippen LogP contribution in [-0.4, -0.2) is 23.1 Å². The summed E-state index contributed by atoms with van der Waals surface area (Å²) in [5.74, 6) is 0. The first-order chi connectivity index (χ1) is 0. The largest absolute Gasteiger partial charge is 0.316 e. The van der Waals surface area contributed by atoms with Crippen molar-refractivity contribution in [3.8, 4) is 0 Å². The van der Waals surface area contributed by atoms with Crippen LogP contribution in [0.4, 0.5) is 9.41 Å². The van der Waals surface area contributed by atoms with Gasteiger partial charge in [0.05, 0.1) is 0 Å². The van der Waals surface area contributed by atoms with Crippen molar-refractivity contribution >= 4 is 23.1 Å². The van der Waals surface area contributed by atoms with Gasteiger partial charge in [-0.2, -0.15) is 0 Å². The predicted octanol–water partition coefficient (Wildman–Crippen LogP) is -0.611. The smallest absolute Gasteiger partial charge is 0.269 e. The molecule has 0 fully saturated rings. The van der Waals surface area contributed by atoms with E-state index in [1.54, 1.807) is 0 Å². The van der Waals surface area contributed by atoms with Gasteiger partial charge in [-0.25, -0.2) is 0 Å². The minimum absolute atomic E-state index is 0. The molecule has 0 atom stereocenters. The summed E-state index contributed by atoms with van der Waals surface area (Å²) in [5.41, 5.74) is 0. The van der Waals surface area contributed by atoms with E-state index in [0.717, 1.165) is 0 Å². The Labute approximate surface area is 67.2 Å². The average Bonchev–Trinajstić information content (AvgIpc) is 0. The van der Waals surface area contributed by atoms with Crippen LogP contribution in [0.1, 0.15) is 0 Å². The molecule has 0 N–H and O–H groups in total. The van der Waals surface area contributed by atoms with Gasteiger partial charge in [-0.1, -0.05) is 0 Å². The molecule has 0 saturated carbocycles. The van der Waals surface area contributed by atoms with Crippen molar-refractivity contribution < 1.29 is 45.0 Å². The topological polar surface area (TPSA) is 0 Å². The molecule has 23 valence electrons. The molecule has 0 bridgehead atoms. The molecule has 0 rings (SSSR count). The van der Waals surface area contributed by atoms with Crippen LogP contribution in [0.2, 0.25) is 0 Å². The first-order valence-electron chi connectivity index (χ1n) is 0. The standard InChI is InChI=1S/2FH.La.Mg.2H/h2*1H;;;;. The van der Waals surface area contributed by atoms with Crippen molar-refractivity contribution in [2.45, 2.75) is 0 Å². The van der Waals surface area contributed by atoms with Crippen LogP contribution in [0.25, 0.3) is 0 Å². The van der Waals surface area contributed by atoms with Gasteiger partial charge < -0.3 is 0 Å². The summed E-state index contributed by atoms with van der Waals surface area (Å²) in [6, 6.07) is 0. The van der Waals surface area contributed by atoms with Crippen LogP contribution in [0.15, 0.2) is 0 Å². The zero-order valence-electron chi connectivity index (χ0n) is 1.39. The zero-order valence-corrected chi connectivity index (χ0v) is 5.02. The third-order valence-corrected chi connectivity index (χ3v) is 0. The number of halogens is 2. The van der Waals surface area contributed by atoms with Crippen LogP contribution in [-0.2, 0) is 0 Å². The van der Waals surface area contributed by atoms with Crippen LogP contribution in [0.3, 0.4) is 0 Å². The van der Waals surface area contributed by atoms with E-state index in [4.69, 9.17) is 0 Å². The molecule has 0 saturated heterocycles. The van der Waals surface area contributed by atoms with Gasteiger partial charge in [-0.05, 0) is 0 Å². The van der Waals surface area contributed by atoms with E-state index in [1.165, 1.54) is 0 Å². The van der Waals surface area contributed by atoms with Crippen molar-refractivity contribution in [2.75, 3.05) is 0 Å². The Morgan fingerprint density at radius 1 is 0.750 bits per heavy atom. The van der Waals surface area contributed by atoms with E-state index in [-0.39, 0.29) is 68.1 Å². The van der Waals surface area contributed by atoms with Crippen molar-refractivity contribution in [1.82, 2.24) is 0 Å². The molecule has 1 radical (unpaired) electrons. The molecular weight excluding hydrogens is 201 g/mol. The van der Waals surface area contributed by atoms with Gasteiger partial charge in [-0.15, -0.1) is 0 Å². The Balaban J connectivity index is 0. The average molecular weight is 205 g/mol. The molecule has 0 aliphatic heterocycles. The minimum atomic E-state index is 0. The second kappa shape index (κ2) is 21.2. The molecule has 4 heteroatoms. The van der Waals surface area contributed by atoms with Crippen molar-refractivity contribution in [3.05, 3.63) is 0 Å². The first-order valence-corrected chi connectivity index (χ1v) is 0. The Morgan fingerprint density at radius 3 is 0.750 bits per heavy atom. The minimum Gasteiger partial charge on any atom is -0.269 e. The first kappa shape index (κ1) is 40.8. The van der Waals surface area contributed by atoms with E-state index >= 15 is 0 Å². The molecule has 0 nitrogen and oxygen atoms in total. The quantitative estimate of drug-likeness (QED) is 0.463. The SMILES string of the molecule is F.F.[La].[MgH2]. The summed E-state index contributed by atoms with van der Waals surface area (Å²) in [5, 5.41) is 0. The van der Waals surface area contributed by atoms with Gasteiger partial charge >= 0.3 is 23.1 Å². The molecule has 0 spiro atoms. The van der Waals surface area contributed by atoms with Crippen molar-refractivity contribution in [3.63, 3.8) is 0 Å². The second-order valence-electron chi connectivity index (χ2n) is 0. The third-order valence-electron chi connectivity index (χ3n) is 0. The molecule has 0 aliphatic rings. The monoisotopic (exact) mass is 205 g/mol. The maximum Gasteiger partial charge on any atom is 0.316 e. The summed E-state index contributed by atoms with van der Waals surface area (Å²) in [4.78, 5) is 0. The van der Waals surface area contributed by atoms with E-state index in [0.29, 0.717) is 0 Å². The predicted molar refractivity (Wildman–Crippen MR) is 13.5 cm³/mol. The Kier molecular flexibility index (Phi) is 216. The summed E-state index contributed by atoms with van der Waals surface area (Å²) < 4.78 is 0. The third kappa shape index (κ3) is 9.17. The summed E-state index contributed by atoms with van der Waals surface area (Å²) in [6.07, 6.45) is 0. The van der Waals surface area contributed by atoms with Crippen molar-refractivity contribution in [2.24, 2.45) is 0 Å². The number of rotatable bonds is 0. The Hall–Kier alpha value is 1.82. The van der Waals surface area contributed by atoms with E-state index in [1.807, 2.05) is 0 Å². The van der Waals surface area contributed by atoms with Gasteiger partial charge in [-0.3, -0.25) is 9.41 Å². The normalized spacial score (nSPS) is 0. The summed E-state index contributed by atoms with van der Waals surface area (Å²) in [7, 11) is 0. The van der Waals surface area contributed by atoms with E-state index in [2.05, 4.69) is 0 Å². The Morgan fingerprint density at radius 2 is 0.750 bits per heavy atom. The van der Waals surface area contributed by atoms with Crippen molar-refractivity contribution in [1.29, 1.82) is 0 Å². The molecule has 0 unspecified atom stereocenters. The fourth-order valence-electron chi connectivity index (χ4n) is 0. The molecular formula is H4F2LaMg. The van der Waals surface area contributed by atoms with Gasteiger partial charge in [0.1, 0.15) is 0 Å². The molecule has 0 amide bonds. The van der Waals surface area contributed by atoms with Crippen LogP contribution >= 0.6 is 0 Å². The zero-order chi connectivity index (χ0) is 0. The fourth-order valence-corrected chi connectivity index (χ4v) is 0. The summed E-state index contributed by atoms with van der Waals surface area (Å²) >= 11 is 0. The van der Waals surface area contributed by atoms with Crippen LogP contribution in [0, 0.1) is 35.6 Å². The number of hydrogen-bond acceptors (Lipinski definition) is 0. The fraction of sp³-hybridized carbons (Fsp3) is 0. The maximum atomic E-state index is 0. The second-order valence-corrected chi connectivity index (χ2v) is 0. The van der Waals surface area contributed by atoms with E-state index < -0.39 is 0 Å². The summed E-state index contributed by atoms with van der Waals surface area (Å²) in [6.45, 7) is 0. The molecule has 0 aromatic carbocycles. The molecule has 0 heterocycles. The van der Waals surface area contributed by atoms with Crippen LogP contribution in [0.5, 0.6) is 0 Å². The van der Waals surface area contributed by atoms with Gasteiger partial charge in [0, 0.05) is 35.6 Å². The molecule has 0 aliphatic carbocycles.